The van der Waals surface area contributed by atoms with Gasteiger partial charge in [-0.1, -0.05) is 27.7 Å². The van der Waals surface area contributed by atoms with Gasteiger partial charge in [-0.2, -0.15) is 0 Å². The zero-order valence-corrected chi connectivity index (χ0v) is 23.1. The summed E-state index contributed by atoms with van der Waals surface area (Å²) in [5, 5.41) is 35.5. The van der Waals surface area contributed by atoms with Crippen molar-refractivity contribution in [3.05, 3.63) is 0 Å². The SMILES string of the molecule is CC(C)[C@H](N)C(=O)O.CC(C)[C@H](N)C(=O)O.C[C@H](N)C(=O)O.NC(=O)C[C@H](N)C(N)=O.O=C(O)[C@@H]1CCCN1. The first-order valence-electron chi connectivity index (χ1n) is 11.8. The maximum atomic E-state index is 10.1. The van der Waals surface area contributed by atoms with E-state index in [-0.39, 0.29) is 24.3 Å². The number of aliphatic carboxylic acids is 4. The quantitative estimate of drug-likeness (QED) is 0.132. The summed E-state index contributed by atoms with van der Waals surface area (Å²) >= 11 is 0. The topological polar surface area (TPSA) is 351 Å². The second-order valence-corrected chi connectivity index (χ2v) is 9.01. The Morgan fingerprint density at radius 1 is 0.744 bits per heavy atom. The van der Waals surface area contributed by atoms with Crippen molar-refractivity contribution in [1.29, 1.82) is 0 Å². The van der Waals surface area contributed by atoms with Crippen LogP contribution in [0.2, 0.25) is 0 Å². The number of rotatable bonds is 9. The summed E-state index contributed by atoms with van der Waals surface area (Å²) in [6, 6.07) is -3.37. The molecule has 1 aliphatic heterocycles. The van der Waals surface area contributed by atoms with E-state index in [0.717, 1.165) is 19.4 Å². The Balaban J connectivity index is -0.000000197. The summed E-state index contributed by atoms with van der Waals surface area (Å²) in [4.78, 5) is 59.9. The number of carbonyl (C=O) groups excluding carboxylic acids is 2. The monoisotopic (exact) mass is 569 g/mol. The fourth-order valence-corrected chi connectivity index (χ4v) is 1.78. The molecule has 39 heavy (non-hydrogen) atoms. The molecule has 1 aliphatic rings. The fourth-order valence-electron chi connectivity index (χ4n) is 1.78. The lowest BCUT2D eigenvalue weighted by Crippen LogP contribution is -2.39. The van der Waals surface area contributed by atoms with Crippen LogP contribution < -0.4 is 39.7 Å². The first-order chi connectivity index (χ1) is 17.6. The number of carboxylic acid groups (broad SMARTS) is 4. The molecule has 0 saturated carbocycles. The standard InChI is InChI=1S/C5H9NO2.2C5H11NO2.C4H9N3O2.C3H7NO2/c7-5(8)4-2-1-3-6-4;2*1-3(2)4(6)5(7)8;5-2(4(7)9)1-3(6)8;1-2(4)3(5)6/h4,6H,1-3H2,(H,7,8);2*3-4H,6H2,1-2H3,(H,7,8);2H,1,5H2,(H2,6,8)(H2,7,9);2H,4H2,1H3,(H,5,6)/t3*4-;2*2-/m00000/s1. The minimum Gasteiger partial charge on any atom is -0.480 e. The van der Waals surface area contributed by atoms with Crippen LogP contribution in [0, 0.1) is 11.8 Å². The third-order valence-electron chi connectivity index (χ3n) is 4.54. The summed E-state index contributed by atoms with van der Waals surface area (Å²) < 4.78 is 0. The number of hydrogen-bond donors (Lipinski definition) is 11. The van der Waals surface area contributed by atoms with E-state index < -0.39 is 59.9 Å². The largest absolute Gasteiger partial charge is 0.480 e. The molecule has 17 nitrogen and oxygen atoms in total. The molecule has 0 aromatic carbocycles. The van der Waals surface area contributed by atoms with E-state index in [4.69, 9.17) is 54.8 Å². The van der Waals surface area contributed by atoms with E-state index in [1.54, 1.807) is 27.7 Å². The normalized spacial score (nSPS) is 16.5. The molecule has 0 aliphatic carbocycles. The van der Waals surface area contributed by atoms with Crippen LogP contribution in [0.25, 0.3) is 0 Å². The Morgan fingerprint density at radius 2 is 1.10 bits per heavy atom. The van der Waals surface area contributed by atoms with E-state index in [2.05, 4.69) is 5.32 Å². The molecule has 1 fully saturated rings. The van der Waals surface area contributed by atoms with Gasteiger partial charge in [0, 0.05) is 0 Å². The van der Waals surface area contributed by atoms with Crippen molar-refractivity contribution in [3.8, 4) is 0 Å². The molecule has 0 aromatic rings. The van der Waals surface area contributed by atoms with E-state index >= 15 is 0 Å². The lowest BCUT2D eigenvalue weighted by Gasteiger charge is -2.07. The molecule has 1 rings (SSSR count). The maximum Gasteiger partial charge on any atom is 0.320 e. The number of hydrogen-bond acceptors (Lipinski definition) is 11. The van der Waals surface area contributed by atoms with Gasteiger partial charge in [0.2, 0.25) is 11.8 Å². The van der Waals surface area contributed by atoms with Gasteiger partial charge in [0.25, 0.3) is 0 Å². The highest BCUT2D eigenvalue weighted by molar-refractivity contribution is 5.86. The van der Waals surface area contributed by atoms with Crippen molar-refractivity contribution < 1.29 is 49.2 Å². The number of nitrogens with one attached hydrogen (secondary N) is 1. The molecule has 1 heterocycles. The summed E-state index contributed by atoms with van der Waals surface area (Å²) in [5.41, 5.74) is 29.6. The van der Waals surface area contributed by atoms with Gasteiger partial charge in [-0.3, -0.25) is 28.8 Å². The van der Waals surface area contributed by atoms with Crippen LogP contribution in [0.15, 0.2) is 0 Å². The highest BCUT2D eigenvalue weighted by atomic mass is 16.4. The van der Waals surface area contributed by atoms with Gasteiger partial charge >= 0.3 is 23.9 Å². The van der Waals surface area contributed by atoms with Gasteiger partial charge in [0.15, 0.2) is 0 Å². The first-order valence-corrected chi connectivity index (χ1v) is 11.8. The second-order valence-electron chi connectivity index (χ2n) is 9.01. The molecule has 0 aromatic heterocycles. The van der Waals surface area contributed by atoms with Crippen LogP contribution in [0.5, 0.6) is 0 Å². The third kappa shape index (κ3) is 29.0. The molecule has 17 heteroatoms. The van der Waals surface area contributed by atoms with Crippen molar-refractivity contribution in [3.63, 3.8) is 0 Å². The van der Waals surface area contributed by atoms with Crippen molar-refractivity contribution in [2.24, 2.45) is 46.2 Å². The Morgan fingerprint density at radius 3 is 1.18 bits per heavy atom. The van der Waals surface area contributed by atoms with Crippen LogP contribution in [0.3, 0.4) is 0 Å². The molecule has 0 spiro atoms. The van der Waals surface area contributed by atoms with E-state index in [1.807, 2.05) is 0 Å². The molecule has 0 bridgehead atoms. The molecule has 1 saturated heterocycles. The summed E-state index contributed by atoms with van der Waals surface area (Å²) in [6.07, 6.45) is 1.60. The number of primary amides is 2. The third-order valence-corrected chi connectivity index (χ3v) is 4.54. The van der Waals surface area contributed by atoms with Crippen molar-refractivity contribution in [2.45, 2.75) is 84.1 Å². The molecule has 2 amide bonds. The summed E-state index contributed by atoms with van der Waals surface area (Å²) in [6.45, 7) is 9.38. The van der Waals surface area contributed by atoms with Gasteiger partial charge < -0.3 is 60.1 Å². The second kappa shape index (κ2) is 23.7. The average molecular weight is 570 g/mol. The summed E-state index contributed by atoms with van der Waals surface area (Å²) in [7, 11) is 0. The molecule has 5 atom stereocenters. The fraction of sp³-hybridized carbons (Fsp3) is 0.727. The van der Waals surface area contributed by atoms with Crippen LogP contribution >= 0.6 is 0 Å². The highest BCUT2D eigenvalue weighted by Gasteiger charge is 2.20. The predicted octanol–water partition coefficient (Wildman–Crippen LogP) is -2.98. The van der Waals surface area contributed by atoms with Crippen molar-refractivity contribution in [2.75, 3.05) is 6.54 Å². The smallest absolute Gasteiger partial charge is 0.320 e. The highest BCUT2D eigenvalue weighted by Crippen LogP contribution is 2.03. The van der Waals surface area contributed by atoms with Crippen LogP contribution in [0.1, 0.15) is 53.9 Å². The number of amides is 2. The average Bonchev–Trinajstić information content (AvgIpc) is 3.34. The Hall–Kier alpha value is -3.38. The zero-order valence-electron chi connectivity index (χ0n) is 23.1. The van der Waals surface area contributed by atoms with Crippen LogP contribution in [0.4, 0.5) is 0 Å². The maximum absolute atomic E-state index is 10.1. The summed E-state index contributed by atoms with van der Waals surface area (Å²) in [5.74, 6) is -4.84. The number of nitrogens with two attached hydrogens (primary N) is 6. The van der Waals surface area contributed by atoms with Crippen molar-refractivity contribution >= 4 is 35.7 Å². The molecular formula is C22H47N7O10. The molecule has 0 unspecified atom stereocenters. The van der Waals surface area contributed by atoms with E-state index in [1.165, 1.54) is 6.92 Å². The van der Waals surface area contributed by atoms with Crippen molar-refractivity contribution in [1.82, 2.24) is 5.32 Å². The van der Waals surface area contributed by atoms with Gasteiger partial charge in [-0.05, 0) is 38.1 Å². The number of carbonyl (C=O) groups is 6. The number of carboxylic acids is 4. The van der Waals surface area contributed by atoms with Gasteiger partial charge in [-0.25, -0.2) is 0 Å². The van der Waals surface area contributed by atoms with E-state index in [9.17, 15) is 28.8 Å². The van der Waals surface area contributed by atoms with Gasteiger partial charge in [0.1, 0.15) is 24.2 Å². The predicted molar refractivity (Wildman–Crippen MR) is 142 cm³/mol. The van der Waals surface area contributed by atoms with Gasteiger partial charge in [-0.15, -0.1) is 0 Å². The molecule has 230 valence electrons. The minimum absolute atomic E-state index is 0.0208. The Bertz CT molecular complexity index is 717. The Kier molecular flexibility index (Phi) is 26.0. The molecular weight excluding hydrogens is 522 g/mol. The van der Waals surface area contributed by atoms with E-state index in [0.29, 0.717) is 0 Å². The minimum atomic E-state index is -0.963. The Labute approximate surface area is 227 Å². The van der Waals surface area contributed by atoms with Crippen LogP contribution in [-0.4, -0.2) is 92.9 Å². The lowest BCUT2D eigenvalue weighted by molar-refractivity contribution is -0.140. The first kappa shape index (κ1) is 42.7. The molecule has 0 radical (unpaired) electrons. The van der Waals surface area contributed by atoms with Crippen LogP contribution in [-0.2, 0) is 28.8 Å². The zero-order chi connectivity index (χ0) is 32.0. The molecule has 17 N–H and O–H groups in total. The lowest BCUT2D eigenvalue weighted by atomic mass is 10.1. The van der Waals surface area contributed by atoms with Gasteiger partial charge in [0.05, 0.1) is 12.5 Å².